The number of hydrogen-bond acceptors (Lipinski definition) is 12. The second-order valence-electron chi connectivity index (χ2n) is 20.5. The largest absolute Gasteiger partial charge is 0.504 e. The molecule has 7 rings (SSSR count). The van der Waals surface area contributed by atoms with Crippen molar-refractivity contribution in [1.29, 1.82) is 0 Å². The van der Waals surface area contributed by atoms with Gasteiger partial charge in [0.2, 0.25) is 23.6 Å². The number of carbonyl (C=O) groups excluding carboxylic acids is 6. The number of nitrogens with one attached hydrogen (secondary N) is 6. The molecule has 18 nitrogen and oxygen atoms in total. The molecular formula is C53H75BN8O10. The maximum Gasteiger partial charge on any atom is 0.481 e. The molecule has 3 saturated carbocycles. The van der Waals surface area contributed by atoms with Gasteiger partial charge >= 0.3 is 7.12 Å². The Morgan fingerprint density at radius 2 is 1.31 bits per heavy atom. The van der Waals surface area contributed by atoms with E-state index in [2.05, 4.69) is 83.9 Å². The number of aromatic hydroxyl groups is 2. The zero-order chi connectivity index (χ0) is 52.3. The van der Waals surface area contributed by atoms with E-state index in [1.165, 1.54) is 30.7 Å². The highest BCUT2D eigenvalue weighted by Gasteiger charge is 2.68. The number of phenols is 2. The Kier molecular flexibility index (Phi) is 18.9. The highest BCUT2D eigenvalue weighted by atomic mass is 16.7. The van der Waals surface area contributed by atoms with Gasteiger partial charge in [0.1, 0.15) is 24.2 Å². The fraction of sp³-hybridized carbons (Fsp3) is 0.547. The van der Waals surface area contributed by atoms with Gasteiger partial charge < -0.3 is 62.9 Å². The zero-order valence-electron chi connectivity index (χ0n) is 42.6. The first-order valence-electron chi connectivity index (χ1n) is 25.5. The van der Waals surface area contributed by atoms with Gasteiger partial charge in [-0.3, -0.25) is 28.8 Å². The lowest BCUT2D eigenvalue weighted by Gasteiger charge is -2.64. The molecule has 3 aromatic carbocycles. The van der Waals surface area contributed by atoms with Crippen LogP contribution in [-0.2, 0) is 34.9 Å². The lowest BCUT2D eigenvalue weighted by atomic mass is 9.43. The van der Waals surface area contributed by atoms with Gasteiger partial charge in [0.25, 0.3) is 11.8 Å². The topological polar surface area (TPSA) is 286 Å². The summed E-state index contributed by atoms with van der Waals surface area (Å²) in [4.78, 5) is 81.4. The van der Waals surface area contributed by atoms with Crippen molar-refractivity contribution in [2.45, 2.75) is 148 Å². The first-order chi connectivity index (χ1) is 34.3. The number of unbranched alkanes of at least 4 members (excludes halogenated alkanes) is 2. The van der Waals surface area contributed by atoms with Crippen LogP contribution in [-0.4, -0.2) is 114 Å². The smallest absolute Gasteiger partial charge is 0.481 e. The Morgan fingerprint density at radius 1 is 0.708 bits per heavy atom. The van der Waals surface area contributed by atoms with Crippen molar-refractivity contribution in [2.24, 2.45) is 28.7 Å². The van der Waals surface area contributed by atoms with E-state index in [0.29, 0.717) is 30.2 Å². The van der Waals surface area contributed by atoms with Crippen molar-refractivity contribution >= 4 is 42.6 Å². The van der Waals surface area contributed by atoms with E-state index < -0.39 is 89.8 Å². The van der Waals surface area contributed by atoms with Crippen molar-refractivity contribution in [3.8, 4) is 22.6 Å². The van der Waals surface area contributed by atoms with Crippen molar-refractivity contribution in [3.05, 3.63) is 83.4 Å². The molecule has 4 aliphatic rings. The average Bonchev–Trinajstić information content (AvgIpc) is 3.73. The Hall–Kier alpha value is -6.02. The highest BCUT2D eigenvalue weighted by molar-refractivity contribution is 6.47. The molecule has 19 heteroatoms. The number of carbonyl (C=O) groups is 6. The summed E-state index contributed by atoms with van der Waals surface area (Å²) in [5.74, 6) is -4.38. The quantitative estimate of drug-likeness (QED) is 0.0330. The van der Waals surface area contributed by atoms with Crippen LogP contribution in [0.5, 0.6) is 11.5 Å². The minimum absolute atomic E-state index is 0.00383. The number of rotatable bonds is 25. The maximum atomic E-state index is 14.1. The fourth-order valence-corrected chi connectivity index (χ4v) is 10.4. The van der Waals surface area contributed by atoms with E-state index in [1.54, 1.807) is 19.1 Å². The molecule has 9 atom stereocenters. The minimum atomic E-state index is -1.19. The van der Waals surface area contributed by atoms with Crippen LogP contribution in [0.2, 0.25) is 0 Å². The predicted molar refractivity (Wildman–Crippen MR) is 274 cm³/mol. The summed E-state index contributed by atoms with van der Waals surface area (Å²) in [7, 11) is -0.722. The molecule has 1 unspecified atom stereocenters. The number of nitrogens with two attached hydrogens (primary N) is 2. The van der Waals surface area contributed by atoms with Crippen LogP contribution in [0.1, 0.15) is 126 Å². The molecule has 72 heavy (non-hydrogen) atoms. The molecule has 0 radical (unpaired) electrons. The number of hydrogen-bond donors (Lipinski definition) is 10. The maximum absolute atomic E-state index is 14.1. The number of para-hydroxylation sites is 1. The number of amides is 6. The van der Waals surface area contributed by atoms with Crippen molar-refractivity contribution in [2.75, 3.05) is 19.6 Å². The standard InChI is InChI=1S/C53H75BN8O10/c1-7-8-12-33-16-18-34(19-17-33)35-20-22-36(23-21-35)47(66)61-41(25-27-56)51(70)62-40(24-26-55)49(68)58-31(2)46(65)60-39(14-9-10-28-57-48(67)38-13-11-15-42(63)45(38)64)50(69)59-32(3)54-71-44-30-37-29-43(52(37,4)5)53(44,6)72-54/h11,13,15-23,31-32,37,39-41,43-44,63-64H,7-10,12,14,24-30,55-56H2,1-6H3,(H,57,67)(H,58,68)(H,59,69)(H,60,65)(H,61,66)(H,62,70)/t31-,32-,37-,39-,40-,41-,43-,44?,53-/m0/s1. The second-order valence-corrected chi connectivity index (χ2v) is 20.5. The van der Waals surface area contributed by atoms with Crippen LogP contribution in [0.4, 0.5) is 0 Å². The number of benzene rings is 3. The van der Waals surface area contributed by atoms with E-state index in [0.717, 1.165) is 43.2 Å². The minimum Gasteiger partial charge on any atom is -0.504 e. The molecule has 4 fully saturated rings. The van der Waals surface area contributed by atoms with E-state index in [9.17, 15) is 39.0 Å². The molecule has 3 aromatic rings. The van der Waals surface area contributed by atoms with Gasteiger partial charge in [-0.1, -0.05) is 69.7 Å². The molecule has 1 saturated heterocycles. The van der Waals surface area contributed by atoms with E-state index in [1.807, 2.05) is 12.1 Å². The van der Waals surface area contributed by atoms with Gasteiger partial charge in [0.05, 0.1) is 23.2 Å². The monoisotopic (exact) mass is 995 g/mol. The normalized spacial score (nSPS) is 21.6. The Morgan fingerprint density at radius 3 is 1.94 bits per heavy atom. The molecule has 1 heterocycles. The molecule has 6 amide bonds. The van der Waals surface area contributed by atoms with Gasteiger partial charge in [0, 0.05) is 12.1 Å². The van der Waals surface area contributed by atoms with Crippen LogP contribution in [0.3, 0.4) is 0 Å². The van der Waals surface area contributed by atoms with Crippen LogP contribution in [0, 0.1) is 17.3 Å². The Bertz CT molecular complexity index is 2390. The van der Waals surface area contributed by atoms with Gasteiger partial charge in [-0.05, 0) is 150 Å². The third-order valence-electron chi connectivity index (χ3n) is 15.0. The highest BCUT2D eigenvalue weighted by Crippen LogP contribution is 2.65. The first-order valence-corrected chi connectivity index (χ1v) is 25.5. The van der Waals surface area contributed by atoms with E-state index in [-0.39, 0.29) is 56.0 Å². The second kappa shape index (κ2) is 24.6. The summed E-state index contributed by atoms with van der Waals surface area (Å²) in [6.07, 6.45) is 6.04. The molecule has 0 spiro atoms. The first kappa shape index (κ1) is 55.3. The molecule has 390 valence electrons. The zero-order valence-corrected chi connectivity index (χ0v) is 42.6. The van der Waals surface area contributed by atoms with Crippen LogP contribution in [0.25, 0.3) is 11.1 Å². The third kappa shape index (κ3) is 13.1. The number of aryl methyl sites for hydroxylation is 1. The molecule has 0 aromatic heterocycles. The summed E-state index contributed by atoms with van der Waals surface area (Å²) >= 11 is 0. The van der Waals surface area contributed by atoms with Gasteiger partial charge in [-0.2, -0.15) is 0 Å². The van der Waals surface area contributed by atoms with Crippen LogP contribution < -0.4 is 43.4 Å². The van der Waals surface area contributed by atoms with E-state index in [4.69, 9.17) is 20.8 Å². The molecule has 3 aliphatic carbocycles. The predicted octanol–water partition coefficient (Wildman–Crippen LogP) is 3.75. The van der Waals surface area contributed by atoms with Crippen molar-refractivity contribution < 1.29 is 48.3 Å². The summed E-state index contributed by atoms with van der Waals surface area (Å²) in [6.45, 7) is 12.2. The van der Waals surface area contributed by atoms with Gasteiger partial charge in [-0.15, -0.1) is 0 Å². The lowest BCUT2D eigenvalue weighted by molar-refractivity contribution is -0.199. The fourth-order valence-electron chi connectivity index (χ4n) is 10.4. The molecule has 1 aliphatic heterocycles. The van der Waals surface area contributed by atoms with Gasteiger partial charge in [-0.25, -0.2) is 0 Å². The summed E-state index contributed by atoms with van der Waals surface area (Å²) in [5.41, 5.74) is 14.8. The Labute approximate surface area is 423 Å². The van der Waals surface area contributed by atoms with Crippen molar-refractivity contribution in [3.63, 3.8) is 0 Å². The molecule has 2 bridgehead atoms. The Balaban J connectivity index is 1.05. The molecular weight excluding hydrogens is 919 g/mol. The van der Waals surface area contributed by atoms with Crippen LogP contribution >= 0.6 is 0 Å². The van der Waals surface area contributed by atoms with Gasteiger partial charge in [0.15, 0.2) is 11.5 Å². The average molecular weight is 995 g/mol. The van der Waals surface area contributed by atoms with Crippen LogP contribution in [0.15, 0.2) is 66.7 Å². The number of phenolic OH excluding ortho intramolecular Hbond substituents is 2. The summed E-state index contributed by atoms with van der Waals surface area (Å²) in [6, 6.07) is 14.9. The molecule has 12 N–H and O–H groups in total. The SMILES string of the molecule is CCCCc1ccc(-c2ccc(C(=O)N[C@@H](CCN)C(=O)N[C@@H](CCN)C(=O)N[C@@H](C)C(=O)N[C@@H](CCCCNC(=O)c3cccc(O)c3O)C(=O)N[C@@H](C)B3OC4C[C@@H]5C[C@@H](C5(C)C)[C@]4(C)O3)cc2)cc1. The lowest BCUT2D eigenvalue weighted by Crippen LogP contribution is -2.65. The summed E-state index contributed by atoms with van der Waals surface area (Å²) in [5, 5.41) is 36.4. The van der Waals surface area contributed by atoms with E-state index >= 15 is 0 Å². The van der Waals surface area contributed by atoms with Crippen molar-refractivity contribution in [1.82, 2.24) is 31.9 Å². The summed E-state index contributed by atoms with van der Waals surface area (Å²) < 4.78 is 13.0. The third-order valence-corrected chi connectivity index (χ3v) is 15.0.